The van der Waals surface area contributed by atoms with Gasteiger partial charge in [0.1, 0.15) is 10.7 Å². The number of nitrogens with zero attached hydrogens (tertiary/aromatic N) is 2. The molecule has 1 atom stereocenters. The minimum Gasteiger partial charge on any atom is -0.353 e. The second-order valence-corrected chi connectivity index (χ2v) is 7.43. The number of rotatable bonds is 5. The summed E-state index contributed by atoms with van der Waals surface area (Å²) in [7, 11) is 1.85. The molecule has 0 aromatic carbocycles. The Hall–Kier alpha value is -1.73. The van der Waals surface area contributed by atoms with E-state index in [1.54, 1.807) is 0 Å². The summed E-state index contributed by atoms with van der Waals surface area (Å²) < 4.78 is 0. The third-order valence-corrected chi connectivity index (χ3v) is 5.06. The van der Waals surface area contributed by atoms with Gasteiger partial charge in [0.05, 0.1) is 18.0 Å². The van der Waals surface area contributed by atoms with E-state index in [2.05, 4.69) is 15.3 Å². The van der Waals surface area contributed by atoms with Crippen LogP contribution in [0.4, 0.5) is 0 Å². The first-order chi connectivity index (χ1) is 10.7. The van der Waals surface area contributed by atoms with Gasteiger partial charge in [0.25, 0.3) is 5.56 Å². The second-order valence-electron chi connectivity index (χ2n) is 6.23. The number of hydrogen-bond donors (Lipinski definition) is 2. The van der Waals surface area contributed by atoms with E-state index in [-0.39, 0.29) is 30.1 Å². The molecule has 2 N–H and O–H groups in total. The highest BCUT2D eigenvalue weighted by Gasteiger charge is 2.20. The highest BCUT2D eigenvalue weighted by Crippen LogP contribution is 2.27. The van der Waals surface area contributed by atoms with Crippen LogP contribution in [0.5, 0.6) is 0 Å². The highest BCUT2D eigenvalue weighted by molar-refractivity contribution is 7.18. The van der Waals surface area contributed by atoms with Crippen LogP contribution in [0.2, 0.25) is 0 Å². The van der Waals surface area contributed by atoms with Gasteiger partial charge in [0.15, 0.2) is 0 Å². The minimum absolute atomic E-state index is 0.0411. The fourth-order valence-corrected chi connectivity index (χ4v) is 3.45. The zero-order valence-electron chi connectivity index (χ0n) is 14.5. The normalized spacial score (nSPS) is 13.0. The molecule has 7 heteroatoms. The van der Waals surface area contributed by atoms with Crippen molar-refractivity contribution in [2.24, 2.45) is 0 Å². The molecule has 2 aromatic rings. The zero-order valence-corrected chi connectivity index (χ0v) is 15.3. The van der Waals surface area contributed by atoms with Crippen molar-refractivity contribution < 1.29 is 4.79 Å². The molecule has 0 unspecified atom stereocenters. The number of hydrogen-bond acceptors (Lipinski definition) is 5. The molecule has 0 radical (unpaired) electrons. The van der Waals surface area contributed by atoms with Gasteiger partial charge in [-0.15, -0.1) is 11.3 Å². The lowest BCUT2D eigenvalue weighted by atomic mass is 10.2. The number of nitrogens with one attached hydrogen (secondary N) is 2. The summed E-state index contributed by atoms with van der Waals surface area (Å²) in [6, 6.07) is -0.0507. The van der Waals surface area contributed by atoms with Gasteiger partial charge in [-0.25, -0.2) is 4.98 Å². The summed E-state index contributed by atoms with van der Waals surface area (Å²) in [5, 5.41) is 3.53. The highest BCUT2D eigenvalue weighted by atomic mass is 32.1. The number of fused-ring (bicyclic) bond motifs is 1. The van der Waals surface area contributed by atoms with E-state index in [0.29, 0.717) is 11.2 Å². The van der Waals surface area contributed by atoms with Crippen molar-refractivity contribution in [3.63, 3.8) is 0 Å². The summed E-state index contributed by atoms with van der Waals surface area (Å²) in [6.45, 7) is 9.97. The number of likely N-dealkylation sites (N-methyl/N-ethyl adjacent to an activating group) is 1. The molecular weight excluding hydrogens is 312 g/mol. The van der Waals surface area contributed by atoms with Crippen molar-refractivity contribution in [3.05, 3.63) is 26.6 Å². The summed E-state index contributed by atoms with van der Waals surface area (Å²) >= 11 is 1.53. The monoisotopic (exact) mass is 336 g/mol. The summed E-state index contributed by atoms with van der Waals surface area (Å²) in [6.07, 6.45) is 0. The Morgan fingerprint density at radius 3 is 2.61 bits per heavy atom. The summed E-state index contributed by atoms with van der Waals surface area (Å²) in [5.41, 5.74) is 0.876. The fraction of sp³-hybridized carbons (Fsp3) is 0.562. The van der Waals surface area contributed by atoms with Gasteiger partial charge in [0, 0.05) is 10.9 Å². The van der Waals surface area contributed by atoms with Gasteiger partial charge in [-0.05, 0) is 47.2 Å². The van der Waals surface area contributed by atoms with Crippen LogP contribution in [0.1, 0.15) is 43.1 Å². The molecule has 0 saturated carbocycles. The van der Waals surface area contributed by atoms with E-state index < -0.39 is 0 Å². The number of carbonyl (C=O) groups excluding carboxylic acids is 1. The van der Waals surface area contributed by atoms with E-state index in [0.717, 1.165) is 15.3 Å². The van der Waals surface area contributed by atoms with Crippen LogP contribution in [-0.2, 0) is 4.79 Å². The number of H-pyrrole nitrogens is 1. The van der Waals surface area contributed by atoms with Crippen LogP contribution in [-0.4, -0.2) is 40.4 Å². The van der Waals surface area contributed by atoms with Crippen molar-refractivity contribution in [3.8, 4) is 0 Å². The lowest BCUT2D eigenvalue weighted by molar-refractivity contribution is -0.122. The first-order valence-electron chi connectivity index (χ1n) is 7.70. The standard InChI is InChI=1S/C16H24N4O2S/c1-8(2)17-12(21)7-20(6)10(4)14-18-15(22)13-9(3)11(5)23-16(13)19-14/h8,10H,7H2,1-6H3,(H,17,21)(H,18,19,22)/t10-/m0/s1. The van der Waals surface area contributed by atoms with Gasteiger partial charge in [-0.2, -0.15) is 0 Å². The largest absolute Gasteiger partial charge is 0.353 e. The molecule has 0 spiro atoms. The second kappa shape index (κ2) is 6.80. The first-order valence-corrected chi connectivity index (χ1v) is 8.51. The maximum atomic E-state index is 12.3. The first kappa shape index (κ1) is 17.6. The van der Waals surface area contributed by atoms with E-state index in [1.165, 1.54) is 11.3 Å². The number of aryl methyl sites for hydroxylation is 2. The molecule has 2 aromatic heterocycles. The van der Waals surface area contributed by atoms with Gasteiger partial charge in [-0.1, -0.05) is 0 Å². The SMILES string of the molecule is Cc1sc2nc([C@H](C)N(C)CC(=O)NC(C)C)[nH]c(=O)c2c1C. The number of aromatic amines is 1. The van der Waals surface area contributed by atoms with Crippen LogP contribution < -0.4 is 10.9 Å². The number of amides is 1. The molecule has 0 bridgehead atoms. The molecule has 0 aliphatic rings. The van der Waals surface area contributed by atoms with E-state index in [4.69, 9.17) is 0 Å². The average Bonchev–Trinajstić information content (AvgIpc) is 2.72. The number of thiophene rings is 1. The molecule has 2 heterocycles. The summed E-state index contributed by atoms with van der Waals surface area (Å²) in [4.78, 5) is 35.4. The molecule has 2 rings (SSSR count). The number of carbonyl (C=O) groups is 1. The Kier molecular flexibility index (Phi) is 5.21. The molecule has 6 nitrogen and oxygen atoms in total. The van der Waals surface area contributed by atoms with Crippen molar-refractivity contribution in [1.82, 2.24) is 20.2 Å². The van der Waals surface area contributed by atoms with Crippen LogP contribution in [0.3, 0.4) is 0 Å². The van der Waals surface area contributed by atoms with Gasteiger partial charge in [-0.3, -0.25) is 14.5 Å². The fourth-order valence-electron chi connectivity index (χ4n) is 2.41. The summed E-state index contributed by atoms with van der Waals surface area (Å²) in [5.74, 6) is 0.546. The van der Waals surface area contributed by atoms with E-state index in [1.807, 2.05) is 46.6 Å². The Balaban J connectivity index is 2.25. The molecule has 0 aliphatic heterocycles. The molecule has 0 fully saturated rings. The van der Waals surface area contributed by atoms with Crippen molar-refractivity contribution in [2.45, 2.75) is 46.7 Å². The van der Waals surface area contributed by atoms with Crippen LogP contribution in [0, 0.1) is 13.8 Å². The molecule has 1 amide bonds. The minimum atomic E-state index is -0.160. The quantitative estimate of drug-likeness (QED) is 0.877. The third kappa shape index (κ3) is 3.79. The van der Waals surface area contributed by atoms with Gasteiger partial charge >= 0.3 is 0 Å². The van der Waals surface area contributed by atoms with Crippen LogP contribution in [0.25, 0.3) is 10.2 Å². The maximum absolute atomic E-state index is 12.3. The van der Waals surface area contributed by atoms with Gasteiger partial charge in [0.2, 0.25) is 5.91 Å². The Morgan fingerprint density at radius 1 is 1.35 bits per heavy atom. The predicted octanol–water partition coefficient (Wildman–Crippen LogP) is 2.12. The lowest BCUT2D eigenvalue weighted by Crippen LogP contribution is -2.39. The predicted molar refractivity (Wildman–Crippen MR) is 94.0 cm³/mol. The van der Waals surface area contributed by atoms with E-state index in [9.17, 15) is 9.59 Å². The van der Waals surface area contributed by atoms with Crippen LogP contribution in [0.15, 0.2) is 4.79 Å². The smallest absolute Gasteiger partial charge is 0.259 e. The van der Waals surface area contributed by atoms with E-state index >= 15 is 0 Å². The van der Waals surface area contributed by atoms with Crippen molar-refractivity contribution in [1.29, 1.82) is 0 Å². The molecule has 0 aliphatic carbocycles. The van der Waals surface area contributed by atoms with Crippen molar-refractivity contribution in [2.75, 3.05) is 13.6 Å². The molecule has 23 heavy (non-hydrogen) atoms. The number of aromatic nitrogens is 2. The Labute approximate surface area is 139 Å². The van der Waals surface area contributed by atoms with Gasteiger partial charge < -0.3 is 10.3 Å². The molecule has 126 valence electrons. The topological polar surface area (TPSA) is 78.1 Å². The van der Waals surface area contributed by atoms with Crippen molar-refractivity contribution >= 4 is 27.5 Å². The molecule has 0 saturated heterocycles. The third-order valence-electron chi connectivity index (χ3n) is 3.96. The van der Waals surface area contributed by atoms with Crippen LogP contribution >= 0.6 is 11.3 Å². The average molecular weight is 336 g/mol. The Bertz CT molecular complexity index is 778. The zero-order chi connectivity index (χ0) is 17.3. The maximum Gasteiger partial charge on any atom is 0.259 e. The lowest BCUT2D eigenvalue weighted by Gasteiger charge is -2.23. The molecular formula is C16H24N4O2S. The Morgan fingerprint density at radius 2 is 2.00 bits per heavy atom.